The summed E-state index contributed by atoms with van der Waals surface area (Å²) in [5, 5.41) is 10.1. The number of aromatic nitrogens is 4. The Kier molecular flexibility index (Phi) is 7.57. The van der Waals surface area contributed by atoms with Crippen molar-refractivity contribution in [1.82, 2.24) is 25.1 Å². The SMILES string of the molecule is CN(CCCCCc1cc(-c2cccc(F)c2)n[nH]1)C(=O)Cc1csc(-c2ccccn2)n1. The van der Waals surface area contributed by atoms with Gasteiger partial charge in [0.25, 0.3) is 0 Å². The minimum Gasteiger partial charge on any atom is -0.345 e. The minimum absolute atomic E-state index is 0.0705. The predicted molar refractivity (Wildman–Crippen MR) is 128 cm³/mol. The summed E-state index contributed by atoms with van der Waals surface area (Å²) in [5.74, 6) is -0.194. The van der Waals surface area contributed by atoms with Crippen molar-refractivity contribution in [1.29, 1.82) is 0 Å². The van der Waals surface area contributed by atoms with Gasteiger partial charge in [0.15, 0.2) is 0 Å². The van der Waals surface area contributed by atoms with Crippen molar-refractivity contribution >= 4 is 17.2 Å². The number of hydrogen-bond donors (Lipinski definition) is 1. The van der Waals surface area contributed by atoms with E-state index in [-0.39, 0.29) is 11.7 Å². The first-order chi connectivity index (χ1) is 16.1. The first-order valence-electron chi connectivity index (χ1n) is 11.0. The zero-order valence-corrected chi connectivity index (χ0v) is 19.3. The minimum atomic E-state index is -0.265. The zero-order valence-electron chi connectivity index (χ0n) is 18.5. The smallest absolute Gasteiger partial charge is 0.228 e. The van der Waals surface area contributed by atoms with Crippen LogP contribution in [0.4, 0.5) is 4.39 Å². The molecule has 4 rings (SSSR count). The Hall–Kier alpha value is -3.39. The van der Waals surface area contributed by atoms with Gasteiger partial charge >= 0.3 is 0 Å². The van der Waals surface area contributed by atoms with Crippen LogP contribution in [-0.2, 0) is 17.6 Å². The fourth-order valence-electron chi connectivity index (χ4n) is 3.54. The second kappa shape index (κ2) is 11.0. The van der Waals surface area contributed by atoms with Crippen LogP contribution in [0.15, 0.2) is 60.1 Å². The van der Waals surface area contributed by atoms with Crippen LogP contribution < -0.4 is 0 Å². The van der Waals surface area contributed by atoms with Crippen LogP contribution in [0.1, 0.15) is 30.7 Å². The molecule has 8 heteroatoms. The number of carbonyl (C=O) groups excluding carboxylic acids is 1. The molecule has 0 radical (unpaired) electrons. The number of nitrogens with zero attached hydrogens (tertiary/aromatic N) is 4. The van der Waals surface area contributed by atoms with Crippen molar-refractivity contribution in [3.8, 4) is 22.0 Å². The molecule has 4 aromatic rings. The summed E-state index contributed by atoms with van der Waals surface area (Å²) in [4.78, 5) is 23.2. The number of nitrogens with one attached hydrogen (secondary N) is 1. The molecule has 1 amide bonds. The number of carbonyl (C=O) groups is 1. The maximum Gasteiger partial charge on any atom is 0.228 e. The number of halogens is 1. The van der Waals surface area contributed by atoms with Gasteiger partial charge in [0, 0.05) is 36.4 Å². The molecular formula is C25H26FN5OS. The summed E-state index contributed by atoms with van der Waals surface area (Å²) in [6, 6.07) is 14.1. The van der Waals surface area contributed by atoms with Crippen LogP contribution in [0.3, 0.4) is 0 Å². The number of H-pyrrole nitrogens is 1. The van der Waals surface area contributed by atoms with Crippen molar-refractivity contribution in [2.24, 2.45) is 0 Å². The molecule has 0 spiro atoms. The molecule has 0 aliphatic rings. The lowest BCUT2D eigenvalue weighted by atomic mass is 10.1. The molecule has 3 heterocycles. The third-order valence-corrected chi connectivity index (χ3v) is 6.30. The number of pyridine rings is 1. The lowest BCUT2D eigenvalue weighted by molar-refractivity contribution is -0.129. The molecule has 0 saturated heterocycles. The van der Waals surface area contributed by atoms with Crippen molar-refractivity contribution in [3.05, 3.63) is 77.3 Å². The van der Waals surface area contributed by atoms with Gasteiger partial charge in [-0.1, -0.05) is 24.6 Å². The second-order valence-electron chi connectivity index (χ2n) is 7.95. The summed E-state index contributed by atoms with van der Waals surface area (Å²) in [6.45, 7) is 0.716. The molecule has 6 nitrogen and oxygen atoms in total. The molecule has 1 N–H and O–H groups in total. The third kappa shape index (κ3) is 6.32. The van der Waals surface area contributed by atoms with Crippen LogP contribution in [0.5, 0.6) is 0 Å². The summed E-state index contributed by atoms with van der Waals surface area (Å²) in [7, 11) is 1.84. The van der Waals surface area contributed by atoms with E-state index in [0.29, 0.717) is 13.0 Å². The van der Waals surface area contributed by atoms with E-state index in [1.54, 1.807) is 17.2 Å². The van der Waals surface area contributed by atoms with Gasteiger partial charge < -0.3 is 4.90 Å². The van der Waals surface area contributed by atoms with Crippen molar-refractivity contribution in [3.63, 3.8) is 0 Å². The topological polar surface area (TPSA) is 74.8 Å². The summed E-state index contributed by atoms with van der Waals surface area (Å²) in [5.41, 5.74) is 4.17. The van der Waals surface area contributed by atoms with Crippen LogP contribution in [-0.4, -0.2) is 44.6 Å². The van der Waals surface area contributed by atoms with E-state index in [4.69, 9.17) is 0 Å². The molecule has 0 saturated carbocycles. The number of hydrogen-bond acceptors (Lipinski definition) is 5. The van der Waals surface area contributed by atoms with Crippen molar-refractivity contribution < 1.29 is 9.18 Å². The summed E-state index contributed by atoms with van der Waals surface area (Å²) >= 11 is 1.51. The highest BCUT2D eigenvalue weighted by atomic mass is 32.1. The number of amides is 1. The van der Waals surface area contributed by atoms with E-state index in [1.165, 1.54) is 23.5 Å². The number of aryl methyl sites for hydroxylation is 1. The molecule has 0 aliphatic carbocycles. The standard InChI is InChI=1S/C25H26FN5OS/c1-31(24(32)16-21-17-33-25(28-21)22-11-4-5-12-27-22)13-6-2-3-10-20-15-23(30-29-20)18-8-7-9-19(26)14-18/h4-5,7-9,11-12,14-15,17H,2-3,6,10,13,16H2,1H3,(H,29,30). The van der Waals surface area contributed by atoms with E-state index in [0.717, 1.165) is 59.0 Å². The van der Waals surface area contributed by atoms with Crippen LogP contribution in [0.2, 0.25) is 0 Å². The molecule has 3 aromatic heterocycles. The van der Waals surface area contributed by atoms with Crippen LogP contribution in [0, 0.1) is 5.82 Å². The molecule has 0 atom stereocenters. The van der Waals surface area contributed by atoms with E-state index in [9.17, 15) is 9.18 Å². The second-order valence-corrected chi connectivity index (χ2v) is 8.81. The largest absolute Gasteiger partial charge is 0.345 e. The highest BCUT2D eigenvalue weighted by molar-refractivity contribution is 7.13. The number of aromatic amines is 1. The predicted octanol–water partition coefficient (Wildman–Crippen LogP) is 5.15. The summed E-state index contributed by atoms with van der Waals surface area (Å²) in [6.07, 6.45) is 5.85. The fourth-order valence-corrected chi connectivity index (χ4v) is 4.33. The monoisotopic (exact) mass is 463 g/mol. The molecule has 33 heavy (non-hydrogen) atoms. The maximum absolute atomic E-state index is 13.4. The van der Waals surface area contributed by atoms with E-state index in [2.05, 4.69) is 20.2 Å². The lowest BCUT2D eigenvalue weighted by Gasteiger charge is -2.16. The number of benzene rings is 1. The highest BCUT2D eigenvalue weighted by Gasteiger charge is 2.13. The van der Waals surface area contributed by atoms with Crippen LogP contribution >= 0.6 is 11.3 Å². The van der Waals surface area contributed by atoms with Gasteiger partial charge in [-0.15, -0.1) is 11.3 Å². The normalized spacial score (nSPS) is 11.0. The van der Waals surface area contributed by atoms with Gasteiger partial charge in [-0.25, -0.2) is 9.37 Å². The quantitative estimate of drug-likeness (QED) is 0.330. The number of thiazole rings is 1. The van der Waals surface area contributed by atoms with Crippen LogP contribution in [0.25, 0.3) is 22.0 Å². The first kappa shape index (κ1) is 22.8. The Morgan fingerprint density at radius 3 is 2.82 bits per heavy atom. The lowest BCUT2D eigenvalue weighted by Crippen LogP contribution is -2.29. The third-order valence-electron chi connectivity index (χ3n) is 5.38. The highest BCUT2D eigenvalue weighted by Crippen LogP contribution is 2.22. The van der Waals surface area contributed by atoms with Gasteiger partial charge in [0.05, 0.1) is 23.5 Å². The van der Waals surface area contributed by atoms with E-state index < -0.39 is 0 Å². The first-order valence-corrected chi connectivity index (χ1v) is 11.9. The van der Waals surface area contributed by atoms with E-state index in [1.807, 2.05) is 42.8 Å². The van der Waals surface area contributed by atoms with Crippen molar-refractivity contribution in [2.45, 2.75) is 32.1 Å². The van der Waals surface area contributed by atoms with Crippen molar-refractivity contribution in [2.75, 3.05) is 13.6 Å². The zero-order chi connectivity index (χ0) is 23.0. The fraction of sp³-hybridized carbons (Fsp3) is 0.280. The molecule has 0 fully saturated rings. The molecule has 0 aliphatic heterocycles. The maximum atomic E-state index is 13.4. The Balaban J connectivity index is 1.17. The van der Waals surface area contributed by atoms with E-state index >= 15 is 0 Å². The molecule has 170 valence electrons. The van der Waals surface area contributed by atoms with Gasteiger partial charge in [-0.05, 0) is 49.6 Å². The van der Waals surface area contributed by atoms with Gasteiger partial charge in [0.1, 0.15) is 10.8 Å². The Morgan fingerprint density at radius 2 is 2.00 bits per heavy atom. The van der Waals surface area contributed by atoms with Gasteiger partial charge in [0.2, 0.25) is 5.91 Å². The summed E-state index contributed by atoms with van der Waals surface area (Å²) < 4.78 is 13.4. The Morgan fingerprint density at radius 1 is 1.09 bits per heavy atom. The number of unbranched alkanes of at least 4 members (excludes halogenated alkanes) is 2. The molecule has 1 aromatic carbocycles. The Bertz CT molecular complexity index is 1190. The average Bonchev–Trinajstić information content (AvgIpc) is 3.49. The molecule has 0 unspecified atom stereocenters. The van der Waals surface area contributed by atoms with Gasteiger partial charge in [-0.2, -0.15) is 5.10 Å². The molecule has 0 bridgehead atoms. The average molecular weight is 464 g/mol. The number of likely N-dealkylation sites (N-methyl/N-ethyl adjacent to an activating group) is 1. The number of rotatable bonds is 10. The molecular weight excluding hydrogens is 437 g/mol. The van der Waals surface area contributed by atoms with Gasteiger partial charge in [-0.3, -0.25) is 14.9 Å². The Labute approximate surface area is 196 Å².